The van der Waals surface area contributed by atoms with Crippen molar-refractivity contribution in [1.82, 2.24) is 10.2 Å². The molecular weight excluding hydrogens is 360 g/mol. The number of hydrogen-bond donors (Lipinski definition) is 1. The number of ether oxygens (including phenoxy) is 1. The van der Waals surface area contributed by atoms with E-state index in [2.05, 4.69) is 41.7 Å². The van der Waals surface area contributed by atoms with E-state index in [0.29, 0.717) is 13.1 Å². The first-order valence-electron chi connectivity index (χ1n) is 9.92. The average molecular weight is 389 g/mol. The van der Waals surface area contributed by atoms with Gasteiger partial charge in [0.1, 0.15) is 5.75 Å². The second kappa shape index (κ2) is 10.3. The van der Waals surface area contributed by atoms with E-state index in [-0.39, 0.29) is 6.03 Å². The molecule has 3 aromatic carbocycles. The summed E-state index contributed by atoms with van der Waals surface area (Å²) in [4.78, 5) is 14.2. The van der Waals surface area contributed by atoms with E-state index in [1.165, 1.54) is 5.56 Å². The molecule has 150 valence electrons. The summed E-state index contributed by atoms with van der Waals surface area (Å²) in [5, 5.41) is 3.02. The molecule has 0 radical (unpaired) electrons. The quantitative estimate of drug-likeness (QED) is 0.543. The molecule has 0 aromatic heterocycles. The van der Waals surface area contributed by atoms with Gasteiger partial charge in [0, 0.05) is 20.1 Å². The van der Waals surface area contributed by atoms with Crippen LogP contribution in [0.25, 0.3) is 11.1 Å². The largest absolute Gasteiger partial charge is 0.497 e. The molecule has 0 bridgehead atoms. The van der Waals surface area contributed by atoms with Crippen molar-refractivity contribution < 1.29 is 9.53 Å². The summed E-state index contributed by atoms with van der Waals surface area (Å²) in [5.74, 6) is 0.861. The Bertz CT molecular complexity index is 908. The second-order valence-electron chi connectivity index (χ2n) is 7.06. The Morgan fingerprint density at radius 2 is 1.62 bits per heavy atom. The number of methoxy groups -OCH3 is 1. The van der Waals surface area contributed by atoms with Gasteiger partial charge in [-0.15, -0.1) is 0 Å². The van der Waals surface area contributed by atoms with Gasteiger partial charge in [-0.3, -0.25) is 0 Å². The molecular formula is C25H28N2O2. The van der Waals surface area contributed by atoms with Crippen LogP contribution in [-0.2, 0) is 13.0 Å². The number of urea groups is 1. The molecule has 1 N–H and O–H groups in total. The summed E-state index contributed by atoms with van der Waals surface area (Å²) < 4.78 is 5.18. The minimum Gasteiger partial charge on any atom is -0.497 e. The molecule has 0 aliphatic carbocycles. The van der Waals surface area contributed by atoms with E-state index < -0.39 is 0 Å². The zero-order valence-corrected chi connectivity index (χ0v) is 17.1. The fourth-order valence-electron chi connectivity index (χ4n) is 3.30. The Balaban J connectivity index is 1.49. The molecule has 3 aromatic rings. The first-order chi connectivity index (χ1) is 14.2. The third-order valence-electron chi connectivity index (χ3n) is 4.93. The number of benzene rings is 3. The van der Waals surface area contributed by atoms with Crippen LogP contribution in [-0.4, -0.2) is 31.6 Å². The van der Waals surface area contributed by atoms with Crippen LogP contribution in [0.1, 0.15) is 17.5 Å². The first kappa shape index (κ1) is 20.5. The van der Waals surface area contributed by atoms with E-state index in [4.69, 9.17) is 4.74 Å². The van der Waals surface area contributed by atoms with Crippen LogP contribution in [0.2, 0.25) is 0 Å². The normalized spacial score (nSPS) is 10.4. The zero-order chi connectivity index (χ0) is 20.5. The average Bonchev–Trinajstić information content (AvgIpc) is 2.78. The Morgan fingerprint density at radius 3 is 2.34 bits per heavy atom. The third-order valence-corrected chi connectivity index (χ3v) is 4.93. The van der Waals surface area contributed by atoms with Crippen molar-refractivity contribution in [2.24, 2.45) is 0 Å². The molecule has 0 aliphatic rings. The maximum atomic E-state index is 12.5. The molecule has 2 amide bonds. The van der Waals surface area contributed by atoms with Gasteiger partial charge in [0.25, 0.3) is 0 Å². The van der Waals surface area contributed by atoms with E-state index in [0.717, 1.165) is 35.3 Å². The molecule has 0 aliphatic heterocycles. The number of nitrogens with one attached hydrogen (secondary N) is 1. The summed E-state index contributed by atoms with van der Waals surface area (Å²) in [6, 6.07) is 26.5. The van der Waals surface area contributed by atoms with E-state index in [9.17, 15) is 4.79 Å². The van der Waals surface area contributed by atoms with E-state index >= 15 is 0 Å². The van der Waals surface area contributed by atoms with Crippen molar-refractivity contribution in [2.45, 2.75) is 19.4 Å². The SMILES string of the molecule is COc1ccc(CCCNC(=O)N(C)Cc2ccccc2-c2ccccc2)cc1. The van der Waals surface area contributed by atoms with E-state index in [1.54, 1.807) is 12.0 Å². The fraction of sp³-hybridized carbons (Fsp3) is 0.240. The number of nitrogens with zero attached hydrogens (tertiary/aromatic N) is 1. The van der Waals surface area contributed by atoms with Gasteiger partial charge in [-0.05, 0) is 47.2 Å². The summed E-state index contributed by atoms with van der Waals surface area (Å²) in [6.07, 6.45) is 1.82. The standard InChI is InChI=1S/C25H28N2O2/c1-27(19-22-12-6-7-13-24(22)21-10-4-3-5-11-21)25(28)26-18-8-9-20-14-16-23(29-2)17-15-20/h3-7,10-17H,8-9,18-19H2,1-2H3,(H,26,28). The number of carbonyl (C=O) groups excluding carboxylic acids is 1. The van der Waals surface area contributed by atoms with Crippen LogP contribution in [0.3, 0.4) is 0 Å². The molecule has 3 rings (SSSR count). The van der Waals surface area contributed by atoms with Gasteiger partial charge in [0.15, 0.2) is 0 Å². The lowest BCUT2D eigenvalue weighted by Gasteiger charge is -2.20. The molecule has 0 saturated carbocycles. The Labute approximate surface area is 173 Å². The predicted molar refractivity (Wildman–Crippen MR) is 118 cm³/mol. The topological polar surface area (TPSA) is 41.6 Å². The minimum atomic E-state index is -0.0532. The van der Waals surface area contributed by atoms with Crippen LogP contribution in [0.4, 0.5) is 4.79 Å². The zero-order valence-electron chi connectivity index (χ0n) is 17.1. The maximum Gasteiger partial charge on any atom is 0.317 e. The number of hydrogen-bond acceptors (Lipinski definition) is 2. The highest BCUT2D eigenvalue weighted by Gasteiger charge is 2.11. The second-order valence-corrected chi connectivity index (χ2v) is 7.06. The van der Waals surface area contributed by atoms with Gasteiger partial charge in [-0.25, -0.2) is 4.79 Å². The third kappa shape index (κ3) is 5.85. The lowest BCUT2D eigenvalue weighted by molar-refractivity contribution is 0.207. The van der Waals surface area contributed by atoms with Crippen molar-refractivity contribution in [3.63, 3.8) is 0 Å². The first-order valence-corrected chi connectivity index (χ1v) is 9.92. The molecule has 0 unspecified atom stereocenters. The van der Waals surface area contributed by atoms with Gasteiger partial charge < -0.3 is 15.0 Å². The molecule has 0 atom stereocenters. The van der Waals surface area contributed by atoms with Gasteiger partial charge in [-0.1, -0.05) is 66.7 Å². The Kier molecular flexibility index (Phi) is 7.28. The highest BCUT2D eigenvalue weighted by Crippen LogP contribution is 2.24. The minimum absolute atomic E-state index is 0.0532. The molecule has 0 spiro atoms. The summed E-state index contributed by atoms with van der Waals surface area (Å²) in [6.45, 7) is 1.21. The van der Waals surface area contributed by atoms with Gasteiger partial charge in [0.2, 0.25) is 0 Å². The highest BCUT2D eigenvalue weighted by molar-refractivity contribution is 5.74. The van der Waals surface area contributed by atoms with Crippen LogP contribution in [0.5, 0.6) is 5.75 Å². The van der Waals surface area contributed by atoms with Gasteiger partial charge in [-0.2, -0.15) is 0 Å². The van der Waals surface area contributed by atoms with Crippen LogP contribution in [0, 0.1) is 0 Å². The summed E-state index contributed by atoms with van der Waals surface area (Å²) >= 11 is 0. The fourth-order valence-corrected chi connectivity index (χ4v) is 3.30. The monoisotopic (exact) mass is 388 g/mol. The number of aryl methyl sites for hydroxylation is 1. The molecule has 0 fully saturated rings. The molecule has 29 heavy (non-hydrogen) atoms. The number of carbonyl (C=O) groups is 1. The van der Waals surface area contributed by atoms with Gasteiger partial charge in [0.05, 0.1) is 7.11 Å². The molecule has 0 heterocycles. The smallest absolute Gasteiger partial charge is 0.317 e. The highest BCUT2D eigenvalue weighted by atomic mass is 16.5. The summed E-state index contributed by atoms with van der Waals surface area (Å²) in [7, 11) is 3.50. The van der Waals surface area contributed by atoms with Gasteiger partial charge >= 0.3 is 6.03 Å². The van der Waals surface area contributed by atoms with Crippen molar-refractivity contribution in [3.8, 4) is 16.9 Å². The lowest BCUT2D eigenvalue weighted by Crippen LogP contribution is -2.37. The maximum absolute atomic E-state index is 12.5. The molecule has 0 saturated heterocycles. The Morgan fingerprint density at radius 1 is 0.931 bits per heavy atom. The van der Waals surface area contributed by atoms with Crippen molar-refractivity contribution >= 4 is 6.03 Å². The predicted octanol–water partition coefficient (Wildman–Crippen LogP) is 5.14. The van der Waals surface area contributed by atoms with Crippen LogP contribution < -0.4 is 10.1 Å². The van der Waals surface area contributed by atoms with Crippen LogP contribution in [0.15, 0.2) is 78.9 Å². The van der Waals surface area contributed by atoms with Crippen molar-refractivity contribution in [2.75, 3.05) is 20.7 Å². The summed E-state index contributed by atoms with van der Waals surface area (Å²) in [5.41, 5.74) is 4.70. The van der Waals surface area contributed by atoms with Crippen LogP contribution >= 0.6 is 0 Å². The van der Waals surface area contributed by atoms with E-state index in [1.807, 2.05) is 49.5 Å². The van der Waals surface area contributed by atoms with Crippen molar-refractivity contribution in [3.05, 3.63) is 90.0 Å². The lowest BCUT2D eigenvalue weighted by atomic mass is 9.99. The molecule has 4 heteroatoms. The Hall–Kier alpha value is -3.27. The van der Waals surface area contributed by atoms with Crippen molar-refractivity contribution in [1.29, 1.82) is 0 Å². The number of rotatable bonds is 8. The molecule has 4 nitrogen and oxygen atoms in total. The number of amides is 2.